The van der Waals surface area contributed by atoms with Crippen LogP contribution in [-0.4, -0.2) is 51.1 Å². The SMILES string of the molecule is C[C@H]1Oc2cc(cnc2NC(=O)CCC(=O)OCC2c3ccccc3-c3ccccc32)-c2c(nn(C)c2C#N)CN(C)C(=O)c2ccc(F)cc21. The maximum Gasteiger partial charge on any atom is 0.306 e. The first-order chi connectivity index (χ1) is 24.6. The van der Waals surface area contributed by atoms with Crippen molar-refractivity contribution in [2.75, 3.05) is 19.0 Å². The van der Waals surface area contributed by atoms with Crippen molar-refractivity contribution in [2.45, 2.75) is 38.3 Å². The van der Waals surface area contributed by atoms with Gasteiger partial charge in [0.05, 0.1) is 18.7 Å². The van der Waals surface area contributed by atoms with Gasteiger partial charge in [-0.2, -0.15) is 10.4 Å². The predicted molar refractivity (Wildman–Crippen MR) is 185 cm³/mol. The minimum atomic E-state index is -0.857. The van der Waals surface area contributed by atoms with E-state index < -0.39 is 23.8 Å². The van der Waals surface area contributed by atoms with Crippen molar-refractivity contribution in [1.29, 1.82) is 5.26 Å². The van der Waals surface area contributed by atoms with Crippen molar-refractivity contribution in [3.05, 3.63) is 118 Å². The highest BCUT2D eigenvalue weighted by atomic mass is 19.1. The molecule has 0 radical (unpaired) electrons. The number of aryl methyl sites for hydroxylation is 1. The second-order valence-electron chi connectivity index (χ2n) is 12.6. The van der Waals surface area contributed by atoms with Gasteiger partial charge in [-0.25, -0.2) is 9.37 Å². The molecule has 0 spiro atoms. The zero-order valence-corrected chi connectivity index (χ0v) is 28.1. The lowest BCUT2D eigenvalue weighted by Gasteiger charge is -2.24. The summed E-state index contributed by atoms with van der Waals surface area (Å²) in [5, 5.41) is 17.2. The van der Waals surface area contributed by atoms with Gasteiger partial charge < -0.3 is 19.7 Å². The van der Waals surface area contributed by atoms with E-state index in [9.17, 15) is 24.0 Å². The van der Waals surface area contributed by atoms with Gasteiger partial charge in [-0.3, -0.25) is 19.1 Å². The van der Waals surface area contributed by atoms with Crippen LogP contribution < -0.4 is 10.1 Å². The number of carbonyl (C=O) groups is 3. The summed E-state index contributed by atoms with van der Waals surface area (Å²) in [5.74, 6) is -1.90. The molecule has 3 aromatic carbocycles. The summed E-state index contributed by atoms with van der Waals surface area (Å²) in [4.78, 5) is 45.6. The van der Waals surface area contributed by atoms with E-state index in [0.29, 0.717) is 22.4 Å². The first-order valence-corrected chi connectivity index (χ1v) is 16.4. The van der Waals surface area contributed by atoms with Gasteiger partial charge in [0.25, 0.3) is 5.91 Å². The predicted octanol–water partition coefficient (Wildman–Crippen LogP) is 6.29. The van der Waals surface area contributed by atoms with Gasteiger partial charge >= 0.3 is 5.97 Å². The maximum absolute atomic E-state index is 14.5. The lowest BCUT2D eigenvalue weighted by molar-refractivity contribution is -0.144. The summed E-state index contributed by atoms with van der Waals surface area (Å²) in [5.41, 5.74) is 6.54. The van der Waals surface area contributed by atoms with Crippen LogP contribution in [0.4, 0.5) is 10.2 Å². The second-order valence-corrected chi connectivity index (χ2v) is 12.6. The van der Waals surface area contributed by atoms with E-state index in [1.165, 1.54) is 34.0 Å². The number of hydrogen-bond acceptors (Lipinski definition) is 8. The Balaban J connectivity index is 1.11. The maximum atomic E-state index is 14.5. The molecule has 11 nitrogen and oxygen atoms in total. The number of rotatable bonds is 6. The van der Waals surface area contributed by atoms with Crippen molar-refractivity contribution in [1.82, 2.24) is 19.7 Å². The second kappa shape index (κ2) is 13.5. The number of halogens is 1. The van der Waals surface area contributed by atoms with E-state index in [1.807, 2.05) is 36.4 Å². The van der Waals surface area contributed by atoms with Crippen LogP contribution >= 0.6 is 0 Å². The number of aromatic nitrogens is 3. The highest BCUT2D eigenvalue weighted by molar-refractivity contribution is 5.96. The minimum Gasteiger partial charge on any atom is -0.482 e. The Bertz CT molecular complexity index is 2210. The van der Waals surface area contributed by atoms with Gasteiger partial charge in [0.1, 0.15) is 30.3 Å². The molecule has 7 rings (SSSR count). The molecule has 5 aromatic rings. The first-order valence-electron chi connectivity index (χ1n) is 16.4. The third kappa shape index (κ3) is 6.30. The molecule has 12 heteroatoms. The number of amides is 2. The Morgan fingerprint density at radius 2 is 1.71 bits per heavy atom. The van der Waals surface area contributed by atoms with E-state index >= 15 is 0 Å². The molecule has 51 heavy (non-hydrogen) atoms. The quantitative estimate of drug-likeness (QED) is 0.206. The molecule has 2 aromatic heterocycles. The Morgan fingerprint density at radius 3 is 2.41 bits per heavy atom. The van der Waals surface area contributed by atoms with Crippen molar-refractivity contribution < 1.29 is 28.2 Å². The number of nitrogens with zero attached hydrogens (tertiary/aromatic N) is 5. The summed E-state index contributed by atoms with van der Waals surface area (Å²) in [6, 6.07) is 23.7. The van der Waals surface area contributed by atoms with Crippen LogP contribution in [0.2, 0.25) is 0 Å². The fourth-order valence-electron chi connectivity index (χ4n) is 6.81. The summed E-state index contributed by atoms with van der Waals surface area (Å²) in [6.45, 7) is 1.86. The molecule has 0 saturated heterocycles. The van der Waals surface area contributed by atoms with Crippen molar-refractivity contribution >= 4 is 23.6 Å². The number of fused-ring (bicyclic) bond motifs is 8. The number of nitriles is 1. The van der Waals surface area contributed by atoms with Gasteiger partial charge in [-0.05, 0) is 53.4 Å². The zero-order chi connectivity index (χ0) is 35.8. The number of nitrogens with one attached hydrogen (secondary N) is 1. The molecule has 2 aliphatic rings. The topological polar surface area (TPSA) is 139 Å². The van der Waals surface area contributed by atoms with Crippen LogP contribution in [0, 0.1) is 17.1 Å². The molecule has 1 N–H and O–H groups in total. The molecular weight excluding hydrogens is 651 g/mol. The van der Waals surface area contributed by atoms with Crippen molar-refractivity contribution in [2.24, 2.45) is 7.05 Å². The fraction of sp³-hybridized carbons (Fsp3) is 0.231. The molecule has 0 fully saturated rings. The molecule has 3 heterocycles. The molecule has 2 bridgehead atoms. The van der Waals surface area contributed by atoms with Gasteiger partial charge in [0.2, 0.25) is 5.91 Å². The number of hydrogen-bond donors (Lipinski definition) is 1. The summed E-state index contributed by atoms with van der Waals surface area (Å²) in [7, 11) is 3.23. The Labute approximate surface area is 293 Å². The fourth-order valence-corrected chi connectivity index (χ4v) is 6.81. The lowest BCUT2D eigenvalue weighted by Crippen LogP contribution is -2.28. The number of pyridine rings is 1. The molecule has 2 amide bonds. The monoisotopic (exact) mass is 684 g/mol. The normalized spacial score (nSPS) is 14.8. The highest BCUT2D eigenvalue weighted by Crippen LogP contribution is 2.44. The molecule has 0 saturated carbocycles. The largest absolute Gasteiger partial charge is 0.482 e. The van der Waals surface area contributed by atoms with E-state index in [0.717, 1.165) is 22.3 Å². The first kappa shape index (κ1) is 33.2. The number of ether oxygens (including phenoxy) is 2. The Hall–Kier alpha value is -6.35. The van der Waals surface area contributed by atoms with Crippen LogP contribution in [0.3, 0.4) is 0 Å². The third-order valence-corrected chi connectivity index (χ3v) is 9.27. The molecule has 1 aliphatic heterocycles. The van der Waals surface area contributed by atoms with Crippen LogP contribution in [0.15, 0.2) is 79.0 Å². The van der Waals surface area contributed by atoms with E-state index in [1.54, 1.807) is 27.1 Å². The molecule has 1 aliphatic carbocycles. The van der Waals surface area contributed by atoms with Crippen LogP contribution in [-0.2, 0) is 27.9 Å². The summed E-state index contributed by atoms with van der Waals surface area (Å²) >= 11 is 0. The summed E-state index contributed by atoms with van der Waals surface area (Å²) in [6.07, 6.45) is 0.264. The number of benzene rings is 3. The minimum absolute atomic E-state index is 0.0468. The van der Waals surface area contributed by atoms with Gasteiger partial charge in [0.15, 0.2) is 11.6 Å². The molecular formula is C39H33FN6O5. The van der Waals surface area contributed by atoms with Crippen LogP contribution in [0.1, 0.15) is 70.2 Å². The molecule has 256 valence electrons. The van der Waals surface area contributed by atoms with Crippen molar-refractivity contribution in [3.8, 4) is 34.1 Å². The van der Waals surface area contributed by atoms with Crippen molar-refractivity contribution in [3.63, 3.8) is 0 Å². The average Bonchev–Trinajstić information content (AvgIpc) is 3.62. The molecule has 1 atom stereocenters. The number of anilines is 1. The Kier molecular flexibility index (Phi) is 8.79. The Morgan fingerprint density at radius 1 is 1.00 bits per heavy atom. The van der Waals surface area contributed by atoms with Crippen LogP contribution in [0.25, 0.3) is 22.3 Å². The average molecular weight is 685 g/mol. The third-order valence-electron chi connectivity index (χ3n) is 9.27. The molecule has 0 unspecified atom stereocenters. The van der Waals surface area contributed by atoms with Gasteiger partial charge in [0, 0.05) is 54.9 Å². The summed E-state index contributed by atoms with van der Waals surface area (Å²) < 4.78 is 27.9. The smallest absolute Gasteiger partial charge is 0.306 e. The van der Waals surface area contributed by atoms with Crippen LogP contribution in [0.5, 0.6) is 5.75 Å². The van der Waals surface area contributed by atoms with Gasteiger partial charge in [-0.1, -0.05) is 48.5 Å². The lowest BCUT2D eigenvalue weighted by atomic mass is 9.98. The number of carbonyl (C=O) groups excluding carboxylic acids is 3. The standard InChI is InChI=1S/C39H33FN6O5/c1-22-30-17-24(40)12-13-29(30)39(49)45(2)20-32-37(33(18-41)46(3)44-32)23-16-34(51-22)38(42-19-23)43-35(47)14-15-36(48)50-21-31-27-10-6-4-8-25(27)26-9-5-7-11-28(26)31/h4-13,16-17,19,22,31H,14-15,20-21H2,1-3H3,(H,42,43,47)/t22-/m1/s1. The highest BCUT2D eigenvalue weighted by Gasteiger charge is 2.30. The zero-order valence-electron chi connectivity index (χ0n) is 28.1. The number of esters is 1. The van der Waals surface area contributed by atoms with Gasteiger partial charge in [-0.15, -0.1) is 0 Å². The van der Waals surface area contributed by atoms with E-state index in [2.05, 4.69) is 33.6 Å². The van der Waals surface area contributed by atoms with E-state index in [4.69, 9.17) is 9.47 Å². The van der Waals surface area contributed by atoms with E-state index in [-0.39, 0.29) is 60.6 Å².